The maximum atomic E-state index is 12.9. The van der Waals surface area contributed by atoms with Gasteiger partial charge in [-0.2, -0.15) is 0 Å². The molecule has 0 saturated heterocycles. The summed E-state index contributed by atoms with van der Waals surface area (Å²) in [7, 11) is 3.48. The van der Waals surface area contributed by atoms with Crippen molar-refractivity contribution in [3.05, 3.63) is 59.4 Å². The second-order valence-corrected chi connectivity index (χ2v) is 4.78. The van der Waals surface area contributed by atoms with E-state index >= 15 is 0 Å². The molecule has 0 fully saturated rings. The van der Waals surface area contributed by atoms with Gasteiger partial charge in [-0.25, -0.2) is 4.39 Å². The second-order valence-electron chi connectivity index (χ2n) is 4.78. The van der Waals surface area contributed by atoms with Gasteiger partial charge in [0.05, 0.1) is 12.7 Å². The summed E-state index contributed by atoms with van der Waals surface area (Å²) in [6, 6.07) is 11.9. The normalized spacial score (nSPS) is 10.2. The Morgan fingerprint density at radius 3 is 2.48 bits per heavy atom. The van der Waals surface area contributed by atoms with Crippen LogP contribution in [0.25, 0.3) is 0 Å². The lowest BCUT2D eigenvalue weighted by Gasteiger charge is -2.20. The van der Waals surface area contributed by atoms with Crippen LogP contribution in [0.15, 0.2) is 42.5 Å². The smallest absolute Gasteiger partial charge is 0.130 e. The zero-order valence-electron chi connectivity index (χ0n) is 12.1. The molecule has 110 valence electrons. The van der Waals surface area contributed by atoms with E-state index in [9.17, 15) is 4.39 Å². The van der Waals surface area contributed by atoms with E-state index < -0.39 is 0 Å². The summed E-state index contributed by atoms with van der Waals surface area (Å²) < 4.78 is 18.2. The molecule has 0 amide bonds. The SMILES string of the molecule is COc1cc(CN(C)c2ccc(F)cc2)ccc1C(=N)N. The van der Waals surface area contributed by atoms with E-state index in [1.165, 1.54) is 12.1 Å². The number of anilines is 1. The molecule has 0 aliphatic rings. The molecule has 0 bridgehead atoms. The number of rotatable bonds is 5. The van der Waals surface area contributed by atoms with Gasteiger partial charge < -0.3 is 15.4 Å². The molecule has 5 heteroatoms. The highest BCUT2D eigenvalue weighted by atomic mass is 19.1. The molecule has 2 rings (SSSR count). The molecule has 2 aromatic rings. The topological polar surface area (TPSA) is 62.3 Å². The van der Waals surface area contributed by atoms with Crippen molar-refractivity contribution in [3.8, 4) is 5.75 Å². The first-order valence-electron chi connectivity index (χ1n) is 6.49. The van der Waals surface area contributed by atoms with Crippen LogP contribution >= 0.6 is 0 Å². The zero-order valence-corrected chi connectivity index (χ0v) is 12.1. The Balaban J connectivity index is 2.19. The Kier molecular flexibility index (Phi) is 4.42. The number of methoxy groups -OCH3 is 1. The first kappa shape index (κ1) is 14.8. The fraction of sp³-hybridized carbons (Fsp3) is 0.188. The lowest BCUT2D eigenvalue weighted by Crippen LogP contribution is -2.17. The quantitative estimate of drug-likeness (QED) is 0.656. The fourth-order valence-electron chi connectivity index (χ4n) is 2.12. The van der Waals surface area contributed by atoms with Crippen molar-refractivity contribution in [2.45, 2.75) is 6.54 Å². The molecule has 0 aliphatic heterocycles. The van der Waals surface area contributed by atoms with Crippen LogP contribution in [0.2, 0.25) is 0 Å². The largest absolute Gasteiger partial charge is 0.496 e. The predicted molar refractivity (Wildman–Crippen MR) is 82.5 cm³/mol. The molecule has 0 aliphatic carbocycles. The van der Waals surface area contributed by atoms with Gasteiger partial charge in [0.25, 0.3) is 0 Å². The van der Waals surface area contributed by atoms with Crippen molar-refractivity contribution in [1.29, 1.82) is 5.41 Å². The molecule has 0 atom stereocenters. The van der Waals surface area contributed by atoms with Crippen LogP contribution in [0, 0.1) is 11.2 Å². The Morgan fingerprint density at radius 2 is 1.90 bits per heavy atom. The van der Waals surface area contributed by atoms with Crippen LogP contribution < -0.4 is 15.4 Å². The van der Waals surface area contributed by atoms with Crippen LogP contribution in [0.3, 0.4) is 0 Å². The third-order valence-corrected chi connectivity index (χ3v) is 3.24. The van der Waals surface area contributed by atoms with E-state index in [2.05, 4.69) is 0 Å². The fourth-order valence-corrected chi connectivity index (χ4v) is 2.12. The average Bonchev–Trinajstić information content (AvgIpc) is 2.47. The lowest BCUT2D eigenvalue weighted by atomic mass is 10.1. The maximum absolute atomic E-state index is 12.9. The molecule has 4 nitrogen and oxygen atoms in total. The first-order chi connectivity index (χ1) is 10.0. The van der Waals surface area contributed by atoms with E-state index in [-0.39, 0.29) is 11.7 Å². The van der Waals surface area contributed by atoms with Gasteiger partial charge in [0.2, 0.25) is 0 Å². The highest BCUT2D eigenvalue weighted by Gasteiger charge is 2.09. The summed E-state index contributed by atoms with van der Waals surface area (Å²) in [5.41, 5.74) is 8.02. The maximum Gasteiger partial charge on any atom is 0.130 e. The van der Waals surface area contributed by atoms with Crippen LogP contribution in [0.1, 0.15) is 11.1 Å². The van der Waals surface area contributed by atoms with E-state index in [1.54, 1.807) is 25.3 Å². The molecule has 21 heavy (non-hydrogen) atoms. The van der Waals surface area contributed by atoms with Gasteiger partial charge >= 0.3 is 0 Å². The first-order valence-corrected chi connectivity index (χ1v) is 6.49. The summed E-state index contributed by atoms with van der Waals surface area (Å²) in [5.74, 6) is 0.303. The van der Waals surface area contributed by atoms with Crippen LogP contribution in [-0.2, 0) is 6.54 Å². The Labute approximate surface area is 123 Å². The van der Waals surface area contributed by atoms with Gasteiger partial charge in [0, 0.05) is 19.3 Å². The summed E-state index contributed by atoms with van der Waals surface area (Å²) in [4.78, 5) is 2.00. The Hall–Kier alpha value is -2.56. The number of hydrogen-bond donors (Lipinski definition) is 2. The molecule has 0 radical (unpaired) electrons. The number of nitrogens with one attached hydrogen (secondary N) is 1. The van der Waals surface area contributed by atoms with Crippen LogP contribution in [-0.4, -0.2) is 20.0 Å². The van der Waals surface area contributed by atoms with Gasteiger partial charge in [-0.15, -0.1) is 0 Å². The van der Waals surface area contributed by atoms with Crippen LogP contribution in [0.5, 0.6) is 5.75 Å². The van der Waals surface area contributed by atoms with Gasteiger partial charge in [-0.05, 0) is 42.0 Å². The third-order valence-electron chi connectivity index (χ3n) is 3.24. The van der Waals surface area contributed by atoms with Gasteiger partial charge in [0.15, 0.2) is 0 Å². The van der Waals surface area contributed by atoms with Crippen molar-refractivity contribution in [2.24, 2.45) is 5.73 Å². The van der Waals surface area contributed by atoms with Crippen molar-refractivity contribution in [3.63, 3.8) is 0 Å². The second kappa shape index (κ2) is 6.26. The number of ether oxygens (including phenoxy) is 1. The van der Waals surface area contributed by atoms with Crippen molar-refractivity contribution in [2.75, 3.05) is 19.1 Å². The Morgan fingerprint density at radius 1 is 1.24 bits per heavy atom. The highest BCUT2D eigenvalue weighted by Crippen LogP contribution is 2.22. The standard InChI is InChI=1S/C16H18FN3O/c1-20(13-6-4-12(17)5-7-13)10-11-3-8-14(16(18)19)15(9-11)21-2/h3-9H,10H2,1-2H3,(H3,18,19). The Bertz CT molecular complexity index is 640. The molecular formula is C16H18FN3O. The number of nitrogen functional groups attached to an aromatic ring is 1. The molecular weight excluding hydrogens is 269 g/mol. The minimum Gasteiger partial charge on any atom is -0.496 e. The number of halogens is 1. The summed E-state index contributed by atoms with van der Waals surface area (Å²) in [5, 5.41) is 7.50. The summed E-state index contributed by atoms with van der Waals surface area (Å²) in [6.45, 7) is 0.639. The summed E-state index contributed by atoms with van der Waals surface area (Å²) >= 11 is 0. The van der Waals surface area contributed by atoms with Gasteiger partial charge in [0.1, 0.15) is 17.4 Å². The minimum atomic E-state index is -0.250. The average molecular weight is 287 g/mol. The number of nitrogens with two attached hydrogens (primary N) is 1. The van der Waals surface area contributed by atoms with Crippen molar-refractivity contribution >= 4 is 11.5 Å². The van der Waals surface area contributed by atoms with Gasteiger partial charge in [-0.1, -0.05) is 6.07 Å². The minimum absolute atomic E-state index is 0.0229. The number of amidine groups is 1. The molecule has 0 spiro atoms. The van der Waals surface area contributed by atoms with Gasteiger partial charge in [-0.3, -0.25) is 5.41 Å². The molecule has 2 aromatic carbocycles. The van der Waals surface area contributed by atoms with E-state index in [0.717, 1.165) is 11.3 Å². The van der Waals surface area contributed by atoms with E-state index in [4.69, 9.17) is 15.9 Å². The molecule has 0 saturated carbocycles. The third kappa shape index (κ3) is 3.51. The zero-order chi connectivity index (χ0) is 15.4. The van der Waals surface area contributed by atoms with Crippen molar-refractivity contribution in [1.82, 2.24) is 0 Å². The number of hydrogen-bond acceptors (Lipinski definition) is 3. The number of benzene rings is 2. The molecule has 0 heterocycles. The molecule has 0 aromatic heterocycles. The predicted octanol–water partition coefficient (Wildman–Crippen LogP) is 2.75. The van der Waals surface area contributed by atoms with E-state index in [0.29, 0.717) is 17.9 Å². The molecule has 0 unspecified atom stereocenters. The van der Waals surface area contributed by atoms with E-state index in [1.807, 2.05) is 24.1 Å². The lowest BCUT2D eigenvalue weighted by molar-refractivity contribution is 0.413. The molecule has 3 N–H and O–H groups in total. The highest BCUT2D eigenvalue weighted by molar-refractivity contribution is 5.97. The number of nitrogens with zero attached hydrogens (tertiary/aromatic N) is 1. The van der Waals surface area contributed by atoms with Crippen molar-refractivity contribution < 1.29 is 9.13 Å². The monoisotopic (exact) mass is 287 g/mol. The van der Waals surface area contributed by atoms with Crippen LogP contribution in [0.4, 0.5) is 10.1 Å². The summed E-state index contributed by atoms with van der Waals surface area (Å²) in [6.07, 6.45) is 0.